The third-order valence-electron chi connectivity index (χ3n) is 3.55. The Kier molecular flexibility index (Phi) is 4.00. The van der Waals surface area contributed by atoms with Crippen LogP contribution in [0.4, 0.5) is 0 Å². The minimum atomic E-state index is -0.230. The maximum absolute atomic E-state index is 9.27. The minimum Gasteiger partial charge on any atom is -0.393 e. The van der Waals surface area contributed by atoms with E-state index in [4.69, 9.17) is 0 Å². The summed E-state index contributed by atoms with van der Waals surface area (Å²) >= 11 is 0. The van der Waals surface area contributed by atoms with Crippen LogP contribution in [0.3, 0.4) is 0 Å². The van der Waals surface area contributed by atoms with Crippen LogP contribution in [-0.4, -0.2) is 11.2 Å². The van der Waals surface area contributed by atoms with E-state index in [0.717, 1.165) is 5.92 Å². The van der Waals surface area contributed by atoms with Crippen LogP contribution in [0.1, 0.15) is 53.4 Å². The van der Waals surface area contributed by atoms with Crippen molar-refractivity contribution in [2.45, 2.75) is 59.5 Å². The predicted octanol–water partition coefficient (Wildman–Crippen LogP) is 3.42. The summed E-state index contributed by atoms with van der Waals surface area (Å²) in [6, 6.07) is 0. The van der Waals surface area contributed by atoms with Crippen LogP contribution in [0.25, 0.3) is 0 Å². The Labute approximate surface area is 88.9 Å². The fourth-order valence-corrected chi connectivity index (χ4v) is 2.57. The number of rotatable bonds is 2. The van der Waals surface area contributed by atoms with E-state index < -0.39 is 0 Å². The van der Waals surface area contributed by atoms with Gasteiger partial charge in [-0.05, 0) is 56.3 Å². The first-order valence-corrected chi connectivity index (χ1v) is 5.92. The predicted molar refractivity (Wildman–Crippen MR) is 60.9 cm³/mol. The molecule has 0 aliphatic heterocycles. The molecule has 0 heterocycles. The molecule has 1 fully saturated rings. The van der Waals surface area contributed by atoms with Crippen molar-refractivity contribution in [3.8, 4) is 0 Å². The molecule has 1 unspecified atom stereocenters. The average Bonchev–Trinajstić information content (AvgIpc) is 2.02. The van der Waals surface area contributed by atoms with Crippen LogP contribution in [0.5, 0.6) is 0 Å². The summed E-state index contributed by atoms with van der Waals surface area (Å²) in [5.41, 5.74) is 0.468. The van der Waals surface area contributed by atoms with Crippen LogP contribution < -0.4 is 0 Å². The zero-order chi connectivity index (χ0) is 10.8. The molecule has 0 aromatic carbocycles. The van der Waals surface area contributed by atoms with E-state index in [1.54, 1.807) is 0 Å². The topological polar surface area (TPSA) is 20.2 Å². The third-order valence-corrected chi connectivity index (χ3v) is 3.55. The van der Waals surface area contributed by atoms with Gasteiger partial charge in [0, 0.05) is 0 Å². The van der Waals surface area contributed by atoms with E-state index >= 15 is 0 Å². The second kappa shape index (κ2) is 4.65. The Morgan fingerprint density at radius 2 is 1.64 bits per heavy atom. The number of hydrogen-bond acceptors (Lipinski definition) is 1. The molecular formula is C13H25O. The van der Waals surface area contributed by atoms with Gasteiger partial charge in [-0.3, -0.25) is 0 Å². The summed E-state index contributed by atoms with van der Waals surface area (Å²) in [4.78, 5) is 0. The normalized spacial score (nSPS) is 31.5. The highest BCUT2D eigenvalue weighted by Crippen LogP contribution is 2.40. The van der Waals surface area contributed by atoms with Gasteiger partial charge in [-0.25, -0.2) is 0 Å². The van der Waals surface area contributed by atoms with Gasteiger partial charge in [0.2, 0.25) is 0 Å². The molecule has 1 radical (unpaired) electrons. The molecule has 1 saturated carbocycles. The molecule has 1 heteroatoms. The fraction of sp³-hybridized carbons (Fsp3) is 0.923. The fourth-order valence-electron chi connectivity index (χ4n) is 2.57. The summed E-state index contributed by atoms with van der Waals surface area (Å²) in [5, 5.41) is 9.27. The Hall–Kier alpha value is -0.0400. The van der Waals surface area contributed by atoms with Crippen molar-refractivity contribution in [2.24, 2.45) is 17.3 Å². The van der Waals surface area contributed by atoms with Crippen LogP contribution >= 0.6 is 0 Å². The molecule has 1 atom stereocenters. The molecule has 0 saturated heterocycles. The average molecular weight is 197 g/mol. The smallest absolute Gasteiger partial charge is 0.0546 e. The number of hydrogen-bond donors (Lipinski definition) is 1. The van der Waals surface area contributed by atoms with Crippen LogP contribution in [0, 0.1) is 23.7 Å². The standard InChI is InChI=1S/C13H25O/c1-10(14)9-11-5-7-12(8-6-11)13(2,3)4/h9-12,14H,5-8H2,1-4H3. The first-order valence-electron chi connectivity index (χ1n) is 5.92. The van der Waals surface area contributed by atoms with Crippen molar-refractivity contribution < 1.29 is 5.11 Å². The highest BCUT2D eigenvalue weighted by atomic mass is 16.3. The zero-order valence-corrected chi connectivity index (χ0v) is 10.1. The molecule has 14 heavy (non-hydrogen) atoms. The van der Waals surface area contributed by atoms with Crippen molar-refractivity contribution in [3.63, 3.8) is 0 Å². The summed E-state index contributed by atoms with van der Waals surface area (Å²) < 4.78 is 0. The summed E-state index contributed by atoms with van der Waals surface area (Å²) in [6.45, 7) is 8.89. The van der Waals surface area contributed by atoms with Gasteiger partial charge in [0.1, 0.15) is 0 Å². The maximum Gasteiger partial charge on any atom is 0.0546 e. The van der Waals surface area contributed by atoms with Crippen LogP contribution in [0.15, 0.2) is 0 Å². The van der Waals surface area contributed by atoms with E-state index in [2.05, 4.69) is 27.2 Å². The van der Waals surface area contributed by atoms with Crippen molar-refractivity contribution in [1.82, 2.24) is 0 Å². The Morgan fingerprint density at radius 1 is 1.14 bits per heavy atom. The lowest BCUT2D eigenvalue weighted by Gasteiger charge is -2.37. The van der Waals surface area contributed by atoms with Gasteiger partial charge in [-0.2, -0.15) is 0 Å². The van der Waals surface area contributed by atoms with E-state index in [1.807, 2.05) is 6.92 Å². The first kappa shape index (κ1) is 12.0. The lowest BCUT2D eigenvalue weighted by molar-refractivity contribution is 0.141. The molecule has 0 amide bonds. The molecule has 1 N–H and O–H groups in total. The summed E-state index contributed by atoms with van der Waals surface area (Å²) in [6.07, 6.45) is 7.08. The SMILES string of the molecule is CC(O)[CH]C1CCC(C(C)(C)C)CC1. The molecule has 1 aliphatic rings. The van der Waals surface area contributed by atoms with Gasteiger partial charge < -0.3 is 5.11 Å². The molecule has 0 bridgehead atoms. The molecule has 1 rings (SSSR count). The van der Waals surface area contributed by atoms with Gasteiger partial charge in [-0.15, -0.1) is 0 Å². The van der Waals surface area contributed by atoms with Gasteiger partial charge in [0.25, 0.3) is 0 Å². The molecule has 0 spiro atoms. The van der Waals surface area contributed by atoms with E-state index in [1.165, 1.54) is 25.7 Å². The first-order chi connectivity index (χ1) is 6.39. The molecular weight excluding hydrogens is 172 g/mol. The highest BCUT2D eigenvalue weighted by Gasteiger charge is 2.29. The maximum atomic E-state index is 9.27. The molecule has 1 nitrogen and oxygen atoms in total. The lowest BCUT2D eigenvalue weighted by Crippen LogP contribution is -2.27. The van der Waals surface area contributed by atoms with Gasteiger partial charge in [0.05, 0.1) is 6.10 Å². The second-order valence-electron chi connectivity index (χ2n) is 5.91. The Balaban J connectivity index is 2.31. The van der Waals surface area contributed by atoms with Crippen molar-refractivity contribution in [3.05, 3.63) is 6.42 Å². The molecule has 0 aromatic rings. The van der Waals surface area contributed by atoms with Gasteiger partial charge in [0.15, 0.2) is 0 Å². The second-order valence-corrected chi connectivity index (χ2v) is 5.91. The highest BCUT2D eigenvalue weighted by molar-refractivity contribution is 4.88. The molecule has 0 aromatic heterocycles. The Bertz CT molecular complexity index is 159. The summed E-state index contributed by atoms with van der Waals surface area (Å²) in [7, 11) is 0. The monoisotopic (exact) mass is 197 g/mol. The largest absolute Gasteiger partial charge is 0.393 e. The number of aliphatic hydroxyl groups excluding tert-OH is 1. The summed E-state index contributed by atoms with van der Waals surface area (Å²) in [5.74, 6) is 1.54. The molecule has 1 aliphatic carbocycles. The van der Waals surface area contributed by atoms with E-state index in [0.29, 0.717) is 11.3 Å². The number of aliphatic hydroxyl groups is 1. The zero-order valence-electron chi connectivity index (χ0n) is 10.1. The van der Waals surface area contributed by atoms with Crippen molar-refractivity contribution >= 4 is 0 Å². The van der Waals surface area contributed by atoms with E-state index in [9.17, 15) is 5.11 Å². The Morgan fingerprint density at radius 3 is 2.00 bits per heavy atom. The third kappa shape index (κ3) is 3.61. The van der Waals surface area contributed by atoms with Crippen molar-refractivity contribution in [2.75, 3.05) is 0 Å². The van der Waals surface area contributed by atoms with Crippen LogP contribution in [-0.2, 0) is 0 Å². The van der Waals surface area contributed by atoms with Crippen LogP contribution in [0.2, 0.25) is 0 Å². The quantitative estimate of drug-likeness (QED) is 0.719. The van der Waals surface area contributed by atoms with Crippen molar-refractivity contribution in [1.29, 1.82) is 0 Å². The van der Waals surface area contributed by atoms with Gasteiger partial charge >= 0.3 is 0 Å². The van der Waals surface area contributed by atoms with E-state index in [-0.39, 0.29) is 6.10 Å². The minimum absolute atomic E-state index is 0.230. The molecule has 83 valence electrons. The lowest BCUT2D eigenvalue weighted by atomic mass is 9.69. The van der Waals surface area contributed by atoms with Gasteiger partial charge in [-0.1, -0.05) is 20.8 Å².